The van der Waals surface area contributed by atoms with Gasteiger partial charge in [-0.25, -0.2) is 5.90 Å². The Kier molecular flexibility index (Phi) is 2.43. The van der Waals surface area contributed by atoms with Gasteiger partial charge in [-0.2, -0.15) is 0 Å². The summed E-state index contributed by atoms with van der Waals surface area (Å²) in [5.41, 5.74) is 0. The summed E-state index contributed by atoms with van der Waals surface area (Å²) in [4.78, 5) is 7.13. The molecule has 0 bridgehead atoms. The second-order valence-corrected chi connectivity index (χ2v) is 3.55. The van der Waals surface area contributed by atoms with Crippen molar-refractivity contribution in [1.82, 2.24) is 0 Å². The van der Waals surface area contributed by atoms with Crippen LogP contribution in [0, 0.1) is 6.92 Å². The van der Waals surface area contributed by atoms with Gasteiger partial charge in [0.1, 0.15) is 6.10 Å². The van der Waals surface area contributed by atoms with Crippen molar-refractivity contribution >= 4 is 11.3 Å². The van der Waals surface area contributed by atoms with Crippen LogP contribution in [0.5, 0.6) is 0 Å². The van der Waals surface area contributed by atoms with E-state index in [2.05, 4.69) is 17.8 Å². The first-order chi connectivity index (χ1) is 4.74. The highest BCUT2D eigenvalue weighted by molar-refractivity contribution is 7.11. The molecule has 0 aliphatic carbocycles. The third kappa shape index (κ3) is 1.56. The molecule has 10 heavy (non-hydrogen) atoms. The maximum Gasteiger partial charge on any atom is 0.110 e. The molecular formula is C7H11NOS. The van der Waals surface area contributed by atoms with E-state index in [1.54, 1.807) is 11.3 Å². The van der Waals surface area contributed by atoms with Crippen molar-refractivity contribution in [2.24, 2.45) is 5.90 Å². The fraction of sp³-hybridized carbons (Fsp3) is 0.429. The largest absolute Gasteiger partial charge is 0.296 e. The Labute approximate surface area is 64.6 Å². The van der Waals surface area contributed by atoms with E-state index >= 15 is 0 Å². The zero-order valence-electron chi connectivity index (χ0n) is 6.13. The Morgan fingerprint density at radius 2 is 2.30 bits per heavy atom. The van der Waals surface area contributed by atoms with Crippen molar-refractivity contribution in [3.63, 3.8) is 0 Å². The van der Waals surface area contributed by atoms with Gasteiger partial charge in [-0.15, -0.1) is 11.3 Å². The van der Waals surface area contributed by atoms with Crippen LogP contribution in [0.4, 0.5) is 0 Å². The minimum absolute atomic E-state index is 0.0266. The van der Waals surface area contributed by atoms with Crippen LogP contribution in [0.2, 0.25) is 0 Å². The minimum Gasteiger partial charge on any atom is -0.296 e. The van der Waals surface area contributed by atoms with E-state index in [1.165, 1.54) is 9.75 Å². The van der Waals surface area contributed by atoms with Crippen molar-refractivity contribution in [2.45, 2.75) is 20.0 Å². The highest BCUT2D eigenvalue weighted by atomic mass is 32.1. The molecule has 2 nitrogen and oxygen atoms in total. The quantitative estimate of drug-likeness (QED) is 0.666. The molecule has 3 heteroatoms. The predicted molar refractivity (Wildman–Crippen MR) is 42.7 cm³/mol. The van der Waals surface area contributed by atoms with Gasteiger partial charge in [0, 0.05) is 9.75 Å². The lowest BCUT2D eigenvalue weighted by Gasteiger charge is -2.03. The fourth-order valence-electron chi connectivity index (χ4n) is 0.739. The van der Waals surface area contributed by atoms with E-state index in [9.17, 15) is 0 Å². The van der Waals surface area contributed by atoms with Gasteiger partial charge in [0.15, 0.2) is 0 Å². The zero-order valence-corrected chi connectivity index (χ0v) is 6.94. The van der Waals surface area contributed by atoms with E-state index in [0.717, 1.165) is 0 Å². The van der Waals surface area contributed by atoms with Crippen LogP contribution in [0.1, 0.15) is 22.8 Å². The van der Waals surface area contributed by atoms with Crippen LogP contribution in [0.25, 0.3) is 0 Å². The highest BCUT2D eigenvalue weighted by Crippen LogP contribution is 2.23. The summed E-state index contributed by atoms with van der Waals surface area (Å²) in [7, 11) is 0. The first-order valence-corrected chi connectivity index (χ1v) is 3.97. The summed E-state index contributed by atoms with van der Waals surface area (Å²) in [5, 5.41) is 0. The number of thiophene rings is 1. The molecule has 0 spiro atoms. The molecule has 1 aromatic heterocycles. The van der Waals surface area contributed by atoms with Crippen LogP contribution in [0.3, 0.4) is 0 Å². The normalized spacial score (nSPS) is 13.5. The average Bonchev–Trinajstić information content (AvgIpc) is 2.34. The Morgan fingerprint density at radius 1 is 1.60 bits per heavy atom. The van der Waals surface area contributed by atoms with Crippen molar-refractivity contribution in [3.05, 3.63) is 21.9 Å². The van der Waals surface area contributed by atoms with Crippen molar-refractivity contribution < 1.29 is 4.84 Å². The predicted octanol–water partition coefficient (Wildman–Crippen LogP) is 2.01. The monoisotopic (exact) mass is 157 g/mol. The average molecular weight is 157 g/mol. The summed E-state index contributed by atoms with van der Waals surface area (Å²) in [5.74, 6) is 5.02. The van der Waals surface area contributed by atoms with Crippen molar-refractivity contribution in [2.75, 3.05) is 0 Å². The molecule has 0 saturated carbocycles. The van der Waals surface area contributed by atoms with Crippen molar-refractivity contribution in [3.8, 4) is 0 Å². The lowest BCUT2D eigenvalue weighted by atomic mass is 10.3. The summed E-state index contributed by atoms with van der Waals surface area (Å²) >= 11 is 1.72. The van der Waals surface area contributed by atoms with E-state index < -0.39 is 0 Å². The van der Waals surface area contributed by atoms with Gasteiger partial charge in [-0.3, -0.25) is 4.84 Å². The Morgan fingerprint density at radius 3 is 2.70 bits per heavy atom. The van der Waals surface area contributed by atoms with Gasteiger partial charge in [-0.1, -0.05) is 0 Å². The van der Waals surface area contributed by atoms with Gasteiger partial charge in [-0.05, 0) is 26.0 Å². The molecule has 56 valence electrons. The second kappa shape index (κ2) is 3.14. The first-order valence-electron chi connectivity index (χ1n) is 3.16. The van der Waals surface area contributed by atoms with Gasteiger partial charge >= 0.3 is 0 Å². The maximum absolute atomic E-state index is 5.02. The molecule has 0 amide bonds. The minimum atomic E-state index is 0.0266. The Hall–Kier alpha value is -0.380. The standard InChI is InChI=1S/C7H11NOS/c1-5-3-4-7(10-5)6(2)9-8/h3-4,6H,8H2,1-2H3. The number of rotatable bonds is 2. The van der Waals surface area contributed by atoms with E-state index in [1.807, 2.05) is 13.0 Å². The molecule has 1 unspecified atom stereocenters. The molecule has 0 aliphatic rings. The molecule has 1 atom stereocenters. The molecular weight excluding hydrogens is 146 g/mol. The summed E-state index contributed by atoms with van der Waals surface area (Å²) in [6, 6.07) is 4.10. The molecule has 0 fully saturated rings. The zero-order chi connectivity index (χ0) is 7.56. The van der Waals surface area contributed by atoms with Gasteiger partial charge in [0.25, 0.3) is 0 Å². The SMILES string of the molecule is Cc1ccc(C(C)ON)s1. The van der Waals surface area contributed by atoms with Crippen LogP contribution >= 0.6 is 11.3 Å². The molecule has 2 N–H and O–H groups in total. The number of hydrogen-bond donors (Lipinski definition) is 1. The Bertz CT molecular complexity index is 209. The maximum atomic E-state index is 5.02. The van der Waals surface area contributed by atoms with E-state index in [0.29, 0.717) is 0 Å². The van der Waals surface area contributed by atoms with Crippen molar-refractivity contribution in [1.29, 1.82) is 0 Å². The molecule has 0 radical (unpaired) electrons. The van der Waals surface area contributed by atoms with E-state index in [4.69, 9.17) is 5.90 Å². The smallest absolute Gasteiger partial charge is 0.110 e. The summed E-state index contributed by atoms with van der Waals surface area (Å²) < 4.78 is 0. The molecule has 1 rings (SSSR count). The van der Waals surface area contributed by atoms with Crippen LogP contribution in [-0.2, 0) is 4.84 Å². The summed E-state index contributed by atoms with van der Waals surface area (Å²) in [6.07, 6.45) is 0.0266. The number of aryl methyl sites for hydroxylation is 1. The Balaban J connectivity index is 2.74. The lowest BCUT2D eigenvalue weighted by Crippen LogP contribution is -2.03. The fourth-order valence-corrected chi connectivity index (χ4v) is 1.60. The van der Waals surface area contributed by atoms with Gasteiger partial charge in [0.05, 0.1) is 0 Å². The molecule has 1 aromatic rings. The third-order valence-corrected chi connectivity index (χ3v) is 2.53. The summed E-state index contributed by atoms with van der Waals surface area (Å²) in [6.45, 7) is 4.00. The molecule has 0 saturated heterocycles. The second-order valence-electron chi connectivity index (χ2n) is 2.23. The number of hydrogen-bond acceptors (Lipinski definition) is 3. The van der Waals surface area contributed by atoms with E-state index in [-0.39, 0.29) is 6.10 Å². The van der Waals surface area contributed by atoms with Crippen LogP contribution in [0.15, 0.2) is 12.1 Å². The van der Waals surface area contributed by atoms with Gasteiger partial charge in [0.2, 0.25) is 0 Å². The topological polar surface area (TPSA) is 35.2 Å². The van der Waals surface area contributed by atoms with Crippen LogP contribution in [-0.4, -0.2) is 0 Å². The molecule has 1 heterocycles. The van der Waals surface area contributed by atoms with Gasteiger partial charge < -0.3 is 0 Å². The number of nitrogens with two attached hydrogens (primary N) is 1. The molecule has 0 aromatic carbocycles. The third-order valence-electron chi connectivity index (χ3n) is 1.37. The lowest BCUT2D eigenvalue weighted by molar-refractivity contribution is 0.0689. The first kappa shape index (κ1) is 7.72. The highest BCUT2D eigenvalue weighted by Gasteiger charge is 2.05. The molecule has 0 aliphatic heterocycles. The van der Waals surface area contributed by atoms with Crippen LogP contribution < -0.4 is 5.90 Å².